The fourth-order valence-electron chi connectivity index (χ4n) is 2.68. The van der Waals surface area contributed by atoms with Gasteiger partial charge in [0.1, 0.15) is 0 Å². The Bertz CT molecular complexity index is 218. The molecule has 0 aromatic rings. The Morgan fingerprint density at radius 3 is 2.47 bits per heavy atom. The smallest absolute Gasteiger partial charge is 0.222 e. The first kappa shape index (κ1) is 10.9. The third kappa shape index (κ3) is 2.94. The highest BCUT2D eigenvalue weighted by Gasteiger charge is 2.27. The van der Waals surface area contributed by atoms with Crippen LogP contribution in [0.2, 0.25) is 0 Å². The van der Waals surface area contributed by atoms with Crippen molar-refractivity contribution in [3.63, 3.8) is 0 Å². The molecule has 3 heteroatoms. The Balaban J connectivity index is 1.62. The third-order valence-corrected chi connectivity index (χ3v) is 3.75. The van der Waals surface area contributed by atoms with Crippen LogP contribution in [0.3, 0.4) is 0 Å². The standard InChI is InChI=1S/C12H22N2O/c13-11-8-14(9-11)12(15)7-6-10-4-2-1-3-5-10/h10-11H,1-9,13H2. The maximum absolute atomic E-state index is 11.7. The van der Waals surface area contributed by atoms with Crippen LogP contribution in [0.25, 0.3) is 0 Å². The Kier molecular flexibility index (Phi) is 3.62. The second-order valence-corrected chi connectivity index (χ2v) is 5.10. The molecule has 1 amide bonds. The lowest BCUT2D eigenvalue weighted by Crippen LogP contribution is -2.57. The zero-order chi connectivity index (χ0) is 10.7. The number of likely N-dealkylation sites (tertiary alicyclic amines) is 1. The summed E-state index contributed by atoms with van der Waals surface area (Å²) >= 11 is 0. The van der Waals surface area contributed by atoms with Gasteiger partial charge in [-0.1, -0.05) is 32.1 Å². The highest BCUT2D eigenvalue weighted by Crippen LogP contribution is 2.27. The molecule has 0 radical (unpaired) electrons. The van der Waals surface area contributed by atoms with Gasteiger partial charge >= 0.3 is 0 Å². The Morgan fingerprint density at radius 2 is 1.87 bits per heavy atom. The average molecular weight is 210 g/mol. The van der Waals surface area contributed by atoms with Gasteiger partial charge in [0.2, 0.25) is 5.91 Å². The molecule has 0 aromatic heterocycles. The average Bonchev–Trinajstić information content (AvgIpc) is 2.23. The van der Waals surface area contributed by atoms with Crippen LogP contribution in [0.15, 0.2) is 0 Å². The van der Waals surface area contributed by atoms with E-state index >= 15 is 0 Å². The molecule has 1 saturated carbocycles. The van der Waals surface area contributed by atoms with Gasteiger partial charge in [-0.15, -0.1) is 0 Å². The fraction of sp³-hybridized carbons (Fsp3) is 0.917. The van der Waals surface area contributed by atoms with Crippen molar-refractivity contribution in [1.29, 1.82) is 0 Å². The van der Waals surface area contributed by atoms with Gasteiger partial charge in [-0.2, -0.15) is 0 Å². The van der Waals surface area contributed by atoms with Gasteiger partial charge in [0.15, 0.2) is 0 Å². The van der Waals surface area contributed by atoms with E-state index in [0.717, 1.165) is 31.8 Å². The molecule has 0 spiro atoms. The van der Waals surface area contributed by atoms with Crippen molar-refractivity contribution in [1.82, 2.24) is 4.90 Å². The van der Waals surface area contributed by atoms with E-state index < -0.39 is 0 Å². The molecule has 0 bridgehead atoms. The Morgan fingerprint density at radius 1 is 1.20 bits per heavy atom. The van der Waals surface area contributed by atoms with Gasteiger partial charge < -0.3 is 10.6 Å². The Hall–Kier alpha value is -0.570. The highest BCUT2D eigenvalue weighted by molar-refractivity contribution is 5.77. The molecular weight excluding hydrogens is 188 g/mol. The van der Waals surface area contributed by atoms with Gasteiger partial charge in [-0.3, -0.25) is 4.79 Å². The molecule has 2 rings (SSSR count). The second-order valence-electron chi connectivity index (χ2n) is 5.10. The molecule has 1 heterocycles. The number of hydrogen-bond donors (Lipinski definition) is 1. The van der Waals surface area contributed by atoms with Crippen molar-refractivity contribution in [3.8, 4) is 0 Å². The summed E-state index contributed by atoms with van der Waals surface area (Å²) in [5.41, 5.74) is 5.65. The van der Waals surface area contributed by atoms with Gasteiger partial charge in [0.25, 0.3) is 0 Å². The lowest BCUT2D eigenvalue weighted by Gasteiger charge is -2.37. The van der Waals surface area contributed by atoms with Crippen LogP contribution >= 0.6 is 0 Å². The summed E-state index contributed by atoms with van der Waals surface area (Å²) in [6, 6.07) is 0.239. The molecule has 1 aliphatic carbocycles. The molecule has 1 saturated heterocycles. The summed E-state index contributed by atoms with van der Waals surface area (Å²) in [6.07, 6.45) is 8.66. The molecule has 2 N–H and O–H groups in total. The lowest BCUT2D eigenvalue weighted by molar-refractivity contribution is -0.135. The molecule has 0 unspecified atom stereocenters. The normalized spacial score (nSPS) is 23.9. The number of nitrogens with zero attached hydrogens (tertiary/aromatic N) is 1. The van der Waals surface area contributed by atoms with Gasteiger partial charge in [0, 0.05) is 25.6 Å². The number of carbonyl (C=O) groups excluding carboxylic acids is 1. The minimum atomic E-state index is 0.239. The molecule has 86 valence electrons. The summed E-state index contributed by atoms with van der Waals surface area (Å²) in [5, 5.41) is 0. The lowest BCUT2D eigenvalue weighted by atomic mass is 9.86. The molecule has 15 heavy (non-hydrogen) atoms. The number of nitrogens with two attached hydrogens (primary N) is 1. The van der Waals surface area contributed by atoms with E-state index in [0.29, 0.717) is 5.91 Å². The fourth-order valence-corrected chi connectivity index (χ4v) is 2.68. The van der Waals surface area contributed by atoms with Crippen molar-refractivity contribution in [2.24, 2.45) is 11.7 Å². The molecule has 1 aliphatic heterocycles. The summed E-state index contributed by atoms with van der Waals surface area (Å²) in [7, 11) is 0. The van der Waals surface area contributed by atoms with E-state index in [1.165, 1.54) is 32.1 Å². The quantitative estimate of drug-likeness (QED) is 0.767. The maximum Gasteiger partial charge on any atom is 0.222 e. The van der Waals surface area contributed by atoms with Gasteiger partial charge in [-0.25, -0.2) is 0 Å². The highest BCUT2D eigenvalue weighted by atomic mass is 16.2. The van der Waals surface area contributed by atoms with E-state index in [1.54, 1.807) is 0 Å². The van der Waals surface area contributed by atoms with Crippen LogP contribution in [0.4, 0.5) is 0 Å². The molecule has 2 aliphatic rings. The number of amides is 1. The monoisotopic (exact) mass is 210 g/mol. The summed E-state index contributed by atoms with van der Waals surface area (Å²) < 4.78 is 0. The topological polar surface area (TPSA) is 46.3 Å². The first-order valence-electron chi connectivity index (χ1n) is 6.29. The molecule has 0 atom stereocenters. The molecular formula is C12H22N2O. The maximum atomic E-state index is 11.7. The first-order valence-corrected chi connectivity index (χ1v) is 6.29. The summed E-state index contributed by atoms with van der Waals surface area (Å²) in [5.74, 6) is 1.14. The predicted octanol–water partition coefficient (Wildman–Crippen LogP) is 1.52. The van der Waals surface area contributed by atoms with Crippen LogP contribution in [0.1, 0.15) is 44.9 Å². The number of hydrogen-bond acceptors (Lipinski definition) is 2. The van der Waals surface area contributed by atoms with E-state index in [-0.39, 0.29) is 6.04 Å². The van der Waals surface area contributed by atoms with Crippen LogP contribution in [0.5, 0.6) is 0 Å². The largest absolute Gasteiger partial charge is 0.339 e. The zero-order valence-corrected chi connectivity index (χ0v) is 9.45. The van der Waals surface area contributed by atoms with Crippen LogP contribution in [0, 0.1) is 5.92 Å². The molecule has 3 nitrogen and oxygen atoms in total. The first-order chi connectivity index (χ1) is 7.25. The van der Waals surface area contributed by atoms with Gasteiger partial charge in [-0.05, 0) is 12.3 Å². The molecule has 0 aromatic carbocycles. The number of carbonyl (C=O) groups is 1. The Labute approximate surface area is 92.0 Å². The van der Waals surface area contributed by atoms with Gasteiger partial charge in [0.05, 0.1) is 0 Å². The van der Waals surface area contributed by atoms with Crippen LogP contribution in [-0.4, -0.2) is 29.9 Å². The van der Waals surface area contributed by atoms with E-state index in [2.05, 4.69) is 0 Å². The SMILES string of the molecule is NC1CN(C(=O)CCC2CCCCC2)C1. The minimum Gasteiger partial charge on any atom is -0.339 e. The van der Waals surface area contributed by atoms with Crippen molar-refractivity contribution in [3.05, 3.63) is 0 Å². The van der Waals surface area contributed by atoms with E-state index in [4.69, 9.17) is 5.73 Å². The van der Waals surface area contributed by atoms with Crippen molar-refractivity contribution < 1.29 is 4.79 Å². The van der Waals surface area contributed by atoms with Crippen LogP contribution in [-0.2, 0) is 4.79 Å². The van der Waals surface area contributed by atoms with E-state index in [1.807, 2.05) is 4.90 Å². The van der Waals surface area contributed by atoms with Crippen LogP contribution < -0.4 is 5.73 Å². The summed E-state index contributed by atoms with van der Waals surface area (Å²) in [4.78, 5) is 13.6. The van der Waals surface area contributed by atoms with Crippen molar-refractivity contribution in [2.45, 2.75) is 51.0 Å². The second kappa shape index (κ2) is 4.97. The predicted molar refractivity (Wildman–Crippen MR) is 60.4 cm³/mol. The third-order valence-electron chi connectivity index (χ3n) is 3.75. The summed E-state index contributed by atoms with van der Waals surface area (Å²) in [6.45, 7) is 1.56. The van der Waals surface area contributed by atoms with E-state index in [9.17, 15) is 4.79 Å². The minimum absolute atomic E-state index is 0.239. The zero-order valence-electron chi connectivity index (χ0n) is 9.45. The number of rotatable bonds is 3. The van der Waals surface area contributed by atoms with Crippen molar-refractivity contribution >= 4 is 5.91 Å². The van der Waals surface area contributed by atoms with Crippen molar-refractivity contribution in [2.75, 3.05) is 13.1 Å². The molecule has 2 fully saturated rings.